The molecule has 1 N–H and O–H groups in total. The Morgan fingerprint density at radius 3 is 2.58 bits per heavy atom. The Bertz CT molecular complexity index is 1220. The number of benzene rings is 2. The third kappa shape index (κ3) is 5.20. The van der Waals surface area contributed by atoms with Crippen molar-refractivity contribution >= 4 is 27.9 Å². The minimum Gasteiger partial charge on any atom is -0.493 e. The highest BCUT2D eigenvalue weighted by Crippen LogP contribution is 2.31. The molecule has 0 bridgehead atoms. The Morgan fingerprint density at radius 1 is 1.09 bits per heavy atom. The second-order valence-corrected chi connectivity index (χ2v) is 9.33. The smallest absolute Gasteiger partial charge is 0.233 e. The molecule has 1 atom stereocenters. The van der Waals surface area contributed by atoms with Gasteiger partial charge in [0.05, 0.1) is 25.2 Å². The SMILES string of the molecule is COc1ccc(/C=C/c2nc(S(=O)(=O)c3ccccc3)c(NC[C@H]3CCCO3)o2)cc1OC. The van der Waals surface area contributed by atoms with Crippen molar-refractivity contribution in [3.05, 3.63) is 60.0 Å². The minimum absolute atomic E-state index is 0.00753. The predicted octanol–water partition coefficient (Wildman–Crippen LogP) is 4.29. The molecule has 4 rings (SSSR count). The van der Waals surface area contributed by atoms with Crippen LogP contribution in [0, 0.1) is 0 Å². The Balaban J connectivity index is 1.64. The third-order valence-corrected chi connectivity index (χ3v) is 6.94. The van der Waals surface area contributed by atoms with E-state index in [-0.39, 0.29) is 27.8 Å². The zero-order chi connectivity index (χ0) is 23.3. The number of sulfone groups is 1. The van der Waals surface area contributed by atoms with E-state index in [0.29, 0.717) is 24.7 Å². The fraction of sp³-hybridized carbons (Fsp3) is 0.292. The molecule has 33 heavy (non-hydrogen) atoms. The van der Waals surface area contributed by atoms with Crippen LogP contribution in [0.5, 0.6) is 11.5 Å². The van der Waals surface area contributed by atoms with Gasteiger partial charge >= 0.3 is 0 Å². The van der Waals surface area contributed by atoms with Crippen molar-refractivity contribution in [1.82, 2.24) is 4.98 Å². The van der Waals surface area contributed by atoms with E-state index >= 15 is 0 Å². The number of methoxy groups -OCH3 is 2. The Labute approximate surface area is 193 Å². The lowest BCUT2D eigenvalue weighted by atomic mass is 10.2. The van der Waals surface area contributed by atoms with Gasteiger partial charge in [-0.05, 0) is 48.7 Å². The molecule has 0 radical (unpaired) electrons. The van der Waals surface area contributed by atoms with Crippen molar-refractivity contribution in [2.24, 2.45) is 0 Å². The monoisotopic (exact) mass is 470 g/mol. The molecule has 1 aliphatic rings. The highest BCUT2D eigenvalue weighted by molar-refractivity contribution is 7.91. The van der Waals surface area contributed by atoms with Gasteiger partial charge in [-0.3, -0.25) is 0 Å². The van der Waals surface area contributed by atoms with Crippen molar-refractivity contribution < 1.29 is 27.0 Å². The lowest BCUT2D eigenvalue weighted by molar-refractivity contribution is 0.120. The van der Waals surface area contributed by atoms with Gasteiger partial charge in [-0.2, -0.15) is 4.98 Å². The predicted molar refractivity (Wildman–Crippen MR) is 124 cm³/mol. The molecule has 0 unspecified atom stereocenters. The van der Waals surface area contributed by atoms with Crippen LogP contribution in [0.1, 0.15) is 24.3 Å². The average molecular weight is 471 g/mol. The van der Waals surface area contributed by atoms with E-state index in [2.05, 4.69) is 10.3 Å². The van der Waals surface area contributed by atoms with Crippen LogP contribution >= 0.6 is 0 Å². The maximum atomic E-state index is 13.2. The van der Waals surface area contributed by atoms with Crippen molar-refractivity contribution in [2.75, 3.05) is 32.7 Å². The average Bonchev–Trinajstić information content (AvgIpc) is 3.52. The number of nitrogens with one attached hydrogen (secondary N) is 1. The summed E-state index contributed by atoms with van der Waals surface area (Å²) in [5.41, 5.74) is 0.812. The summed E-state index contributed by atoms with van der Waals surface area (Å²) >= 11 is 0. The van der Waals surface area contributed by atoms with E-state index in [9.17, 15) is 8.42 Å². The summed E-state index contributed by atoms with van der Waals surface area (Å²) in [7, 11) is -0.745. The first-order valence-corrected chi connectivity index (χ1v) is 12.1. The Hall–Kier alpha value is -3.30. The topological polar surface area (TPSA) is 99.9 Å². The summed E-state index contributed by atoms with van der Waals surface area (Å²) in [6, 6.07) is 13.6. The lowest BCUT2D eigenvalue weighted by Gasteiger charge is -2.10. The van der Waals surface area contributed by atoms with E-state index in [1.165, 1.54) is 12.1 Å². The van der Waals surface area contributed by atoms with Crippen LogP contribution in [0.15, 0.2) is 62.9 Å². The zero-order valence-electron chi connectivity index (χ0n) is 18.5. The molecule has 2 heterocycles. The van der Waals surface area contributed by atoms with Gasteiger partial charge in [-0.15, -0.1) is 0 Å². The molecule has 0 spiro atoms. The number of nitrogens with zero attached hydrogens (tertiary/aromatic N) is 1. The van der Waals surface area contributed by atoms with E-state index < -0.39 is 9.84 Å². The first-order chi connectivity index (χ1) is 16.0. The van der Waals surface area contributed by atoms with Crippen molar-refractivity contribution in [1.29, 1.82) is 0 Å². The number of oxazole rings is 1. The molecule has 0 aliphatic carbocycles. The van der Waals surface area contributed by atoms with Crippen LogP contribution in [0.3, 0.4) is 0 Å². The lowest BCUT2D eigenvalue weighted by Crippen LogP contribution is -2.19. The molecule has 174 valence electrons. The molecule has 2 aromatic carbocycles. The minimum atomic E-state index is -3.88. The summed E-state index contributed by atoms with van der Waals surface area (Å²) in [6.07, 6.45) is 5.28. The van der Waals surface area contributed by atoms with Gasteiger partial charge in [0.25, 0.3) is 0 Å². The van der Waals surface area contributed by atoms with Crippen LogP contribution in [0.4, 0.5) is 5.88 Å². The summed E-state index contributed by atoms with van der Waals surface area (Å²) < 4.78 is 48.5. The Kier molecular flexibility index (Phi) is 7.00. The molecule has 1 saturated heterocycles. The first kappa shape index (κ1) is 22.9. The number of ether oxygens (including phenoxy) is 3. The van der Waals surface area contributed by atoms with Crippen molar-refractivity contribution in [3.63, 3.8) is 0 Å². The number of aromatic nitrogens is 1. The molecular formula is C24H26N2O6S. The zero-order valence-corrected chi connectivity index (χ0v) is 19.3. The van der Waals surface area contributed by atoms with Crippen molar-refractivity contribution in [3.8, 4) is 11.5 Å². The van der Waals surface area contributed by atoms with Gasteiger partial charge < -0.3 is 23.9 Å². The van der Waals surface area contributed by atoms with E-state index in [0.717, 1.165) is 18.4 Å². The van der Waals surface area contributed by atoms with Gasteiger partial charge in [0.1, 0.15) is 0 Å². The van der Waals surface area contributed by atoms with Crippen LogP contribution in [0.25, 0.3) is 12.2 Å². The van der Waals surface area contributed by atoms with Crippen LogP contribution in [-0.4, -0.2) is 46.9 Å². The number of hydrogen-bond acceptors (Lipinski definition) is 8. The van der Waals surface area contributed by atoms with Gasteiger partial charge in [-0.1, -0.05) is 24.3 Å². The molecule has 8 nitrogen and oxygen atoms in total. The second kappa shape index (κ2) is 10.1. The molecule has 9 heteroatoms. The molecule has 1 fully saturated rings. The Morgan fingerprint density at radius 2 is 1.88 bits per heavy atom. The molecule has 0 saturated carbocycles. The highest BCUT2D eigenvalue weighted by atomic mass is 32.2. The third-order valence-electron chi connectivity index (χ3n) is 5.26. The van der Waals surface area contributed by atoms with Crippen LogP contribution in [-0.2, 0) is 14.6 Å². The summed E-state index contributed by atoms with van der Waals surface area (Å²) in [4.78, 5) is 4.44. The highest BCUT2D eigenvalue weighted by Gasteiger charge is 2.28. The second-order valence-electron chi connectivity index (χ2n) is 7.47. The number of rotatable bonds is 9. The van der Waals surface area contributed by atoms with E-state index in [4.69, 9.17) is 18.6 Å². The maximum absolute atomic E-state index is 13.2. The van der Waals surface area contributed by atoms with Gasteiger partial charge in [0.15, 0.2) is 11.5 Å². The first-order valence-electron chi connectivity index (χ1n) is 10.6. The number of hydrogen-bond donors (Lipinski definition) is 1. The van der Waals surface area contributed by atoms with Crippen LogP contribution in [0.2, 0.25) is 0 Å². The summed E-state index contributed by atoms with van der Waals surface area (Å²) in [5.74, 6) is 1.45. The maximum Gasteiger partial charge on any atom is 0.233 e. The van der Waals surface area contributed by atoms with E-state index in [1.54, 1.807) is 56.7 Å². The fourth-order valence-electron chi connectivity index (χ4n) is 3.53. The largest absolute Gasteiger partial charge is 0.493 e. The number of anilines is 1. The summed E-state index contributed by atoms with van der Waals surface area (Å²) in [5, 5.41) is 2.93. The summed E-state index contributed by atoms with van der Waals surface area (Å²) in [6.45, 7) is 1.14. The molecule has 0 amide bonds. The van der Waals surface area contributed by atoms with Crippen molar-refractivity contribution in [2.45, 2.75) is 28.9 Å². The fourth-order valence-corrected chi connectivity index (χ4v) is 4.84. The van der Waals surface area contributed by atoms with Gasteiger partial charge in [-0.25, -0.2) is 8.42 Å². The van der Waals surface area contributed by atoms with Gasteiger partial charge in [0, 0.05) is 19.2 Å². The quantitative estimate of drug-likeness (QED) is 0.495. The molecule has 3 aromatic rings. The molecule has 1 aliphatic heterocycles. The molecular weight excluding hydrogens is 444 g/mol. The standard InChI is InChI=1S/C24H26N2O6S/c1-29-20-12-10-17(15-21(20)30-2)11-13-22-26-24(33(27,28)19-8-4-3-5-9-19)23(32-22)25-16-18-7-6-14-31-18/h3-5,8-13,15,18,25H,6-7,14,16H2,1-2H3/b13-11+/t18-/m1/s1. The van der Waals surface area contributed by atoms with Gasteiger partial charge in [0.2, 0.25) is 26.6 Å². The van der Waals surface area contributed by atoms with E-state index in [1.807, 2.05) is 6.07 Å². The van der Waals surface area contributed by atoms with Crippen LogP contribution < -0.4 is 14.8 Å². The molecule has 1 aromatic heterocycles. The normalized spacial score (nSPS) is 16.2.